The van der Waals surface area contributed by atoms with Gasteiger partial charge in [0, 0.05) is 35.1 Å². The summed E-state index contributed by atoms with van der Waals surface area (Å²) in [7, 11) is 0. The molecule has 4 aromatic rings. The van der Waals surface area contributed by atoms with Crippen LogP contribution in [0.2, 0.25) is 30.4 Å². The number of hydrogen-bond acceptors (Lipinski definition) is 9. The van der Waals surface area contributed by atoms with E-state index in [1.54, 1.807) is 50.2 Å². The van der Waals surface area contributed by atoms with Gasteiger partial charge in [-0.3, -0.25) is 0 Å². The molecule has 284 valence electrons. The molecule has 2 atom stereocenters. The summed E-state index contributed by atoms with van der Waals surface area (Å²) >= 11 is 61.8. The lowest BCUT2D eigenvalue weighted by Gasteiger charge is -2.24. The van der Waals surface area contributed by atoms with Crippen molar-refractivity contribution < 1.29 is 23.7 Å². The molecule has 0 fully saturated rings. The van der Waals surface area contributed by atoms with Gasteiger partial charge in [0.15, 0.2) is 10.3 Å². The van der Waals surface area contributed by atoms with Crippen LogP contribution < -0.4 is 18.9 Å². The van der Waals surface area contributed by atoms with Crippen molar-refractivity contribution in [3.05, 3.63) is 110 Å². The maximum Gasteiger partial charge on any atom is 0.237 e. The van der Waals surface area contributed by atoms with Crippen LogP contribution in [0.5, 0.6) is 23.3 Å². The molecule has 2 heterocycles. The van der Waals surface area contributed by atoms with Crippen molar-refractivity contribution in [2.45, 2.75) is 38.9 Å². The molecule has 0 radical (unpaired) electrons. The van der Waals surface area contributed by atoms with E-state index >= 15 is 0 Å². The number of nitrogens with zero attached hydrogens (tertiary/aromatic N) is 4. The molecule has 2 aromatic heterocycles. The lowest BCUT2D eigenvalue weighted by molar-refractivity contribution is 0.0657. The third-order valence-electron chi connectivity index (χ3n) is 7.10. The lowest BCUT2D eigenvalue weighted by atomic mass is 10.1. The van der Waals surface area contributed by atoms with Gasteiger partial charge in [0.1, 0.15) is 45.9 Å². The fourth-order valence-corrected chi connectivity index (χ4v) is 6.77. The van der Waals surface area contributed by atoms with Crippen LogP contribution in [-0.4, -0.2) is 46.8 Å². The second-order valence-corrected chi connectivity index (χ2v) is 15.3. The SMILES string of the molecule is Cc1cc(Cl)nnc1OC(CCOCCC(Oc1nnc(Cl)cc1C)c1c(Cl)cc(OCC=C(Cl)Cl)cc1Cl)c1c(Cl)cc(OCC=C(Cl)Cl)cc1Cl. The summed E-state index contributed by atoms with van der Waals surface area (Å²) in [5.74, 6) is 1.26. The predicted molar refractivity (Wildman–Crippen MR) is 214 cm³/mol. The summed E-state index contributed by atoms with van der Waals surface area (Å²) in [5.41, 5.74) is 2.26. The molecule has 0 amide bonds. The Morgan fingerprint density at radius 2 is 0.925 bits per heavy atom. The standard InChI is InChI=1S/C34H28Cl10N4O5/c1-17-11-29(43)45-47-33(17)52-25(31-21(35)13-19(14-22(31)36)50-9-5-27(39)40)3-7-49-8-4-26(53-34-18(2)12-30(44)46-48-34)32-23(37)15-20(16-24(32)38)51-10-6-28(41)42/h5-6,11-16,25-26H,3-4,7-10H2,1-2H3. The Morgan fingerprint density at radius 1 is 0.566 bits per heavy atom. The fraction of sp³-hybridized carbons (Fsp3) is 0.294. The highest BCUT2D eigenvalue weighted by molar-refractivity contribution is 6.56. The summed E-state index contributed by atoms with van der Waals surface area (Å²) in [6.45, 7) is 4.15. The molecule has 9 nitrogen and oxygen atoms in total. The van der Waals surface area contributed by atoms with Crippen molar-refractivity contribution in [3.8, 4) is 23.3 Å². The van der Waals surface area contributed by atoms with Crippen molar-refractivity contribution >= 4 is 116 Å². The van der Waals surface area contributed by atoms with Gasteiger partial charge in [-0.25, -0.2) is 0 Å². The van der Waals surface area contributed by atoms with Crippen molar-refractivity contribution in [2.24, 2.45) is 0 Å². The van der Waals surface area contributed by atoms with Gasteiger partial charge in [-0.05, 0) is 62.4 Å². The van der Waals surface area contributed by atoms with Crippen molar-refractivity contribution in [1.29, 1.82) is 0 Å². The zero-order chi connectivity index (χ0) is 38.7. The molecule has 0 saturated carbocycles. The van der Waals surface area contributed by atoms with Gasteiger partial charge >= 0.3 is 0 Å². The van der Waals surface area contributed by atoms with E-state index in [-0.39, 0.29) is 90.4 Å². The second kappa shape index (κ2) is 21.4. The van der Waals surface area contributed by atoms with Gasteiger partial charge < -0.3 is 23.7 Å². The van der Waals surface area contributed by atoms with Gasteiger partial charge in [0.05, 0.1) is 33.3 Å². The van der Waals surface area contributed by atoms with Gasteiger partial charge in [0.2, 0.25) is 11.8 Å². The first-order chi connectivity index (χ1) is 25.2. The molecule has 0 aliphatic rings. The summed E-state index contributed by atoms with van der Waals surface area (Å²) in [6, 6.07) is 9.67. The lowest BCUT2D eigenvalue weighted by Crippen LogP contribution is -2.16. The molecule has 2 aromatic carbocycles. The topological polar surface area (TPSA) is 97.7 Å². The Balaban J connectivity index is 1.53. The number of ether oxygens (including phenoxy) is 5. The van der Waals surface area contributed by atoms with E-state index < -0.39 is 12.2 Å². The molecular formula is C34H28Cl10N4O5. The number of rotatable bonds is 18. The number of aryl methyl sites for hydroxylation is 2. The van der Waals surface area contributed by atoms with Crippen LogP contribution in [0.3, 0.4) is 0 Å². The molecule has 0 aliphatic carbocycles. The zero-order valence-electron chi connectivity index (χ0n) is 27.6. The minimum atomic E-state index is -0.727. The summed E-state index contributed by atoms with van der Waals surface area (Å²) in [6.07, 6.45) is 2.08. The van der Waals surface area contributed by atoms with E-state index in [1.165, 1.54) is 12.2 Å². The number of aromatic nitrogens is 4. The highest BCUT2D eigenvalue weighted by atomic mass is 35.5. The Hall–Kier alpha value is -1.86. The van der Waals surface area contributed by atoms with Gasteiger partial charge in [-0.2, -0.15) is 0 Å². The zero-order valence-corrected chi connectivity index (χ0v) is 35.2. The van der Waals surface area contributed by atoms with Gasteiger partial charge in [0.25, 0.3) is 0 Å². The Bertz CT molecular complexity index is 1760. The minimum absolute atomic E-state index is 0.0647. The smallest absolute Gasteiger partial charge is 0.237 e. The van der Waals surface area contributed by atoms with Crippen LogP contribution in [0, 0.1) is 13.8 Å². The molecule has 53 heavy (non-hydrogen) atoms. The molecule has 0 aliphatic heterocycles. The number of benzene rings is 2. The van der Waals surface area contributed by atoms with Crippen LogP contribution in [0.25, 0.3) is 0 Å². The predicted octanol–water partition coefficient (Wildman–Crippen LogP) is 12.9. The van der Waals surface area contributed by atoms with Crippen molar-refractivity contribution in [3.63, 3.8) is 0 Å². The van der Waals surface area contributed by atoms with Gasteiger partial charge in [-0.1, -0.05) is 116 Å². The first-order valence-corrected chi connectivity index (χ1v) is 19.2. The van der Waals surface area contributed by atoms with E-state index in [0.29, 0.717) is 33.8 Å². The molecule has 2 unspecified atom stereocenters. The quantitative estimate of drug-likeness (QED) is 0.0904. The van der Waals surface area contributed by atoms with E-state index in [2.05, 4.69) is 20.4 Å². The van der Waals surface area contributed by atoms with E-state index in [4.69, 9.17) is 140 Å². The van der Waals surface area contributed by atoms with Gasteiger partial charge in [-0.15, -0.1) is 20.4 Å². The highest BCUT2D eigenvalue weighted by Gasteiger charge is 2.26. The summed E-state index contributed by atoms with van der Waals surface area (Å²) in [4.78, 5) is 0. The molecule has 0 saturated heterocycles. The number of hydrogen-bond donors (Lipinski definition) is 0. The molecular weight excluding hydrogens is 899 g/mol. The first-order valence-electron chi connectivity index (χ1n) is 15.4. The molecule has 4 rings (SSSR count). The molecule has 0 bridgehead atoms. The largest absolute Gasteiger partial charge is 0.489 e. The minimum Gasteiger partial charge on any atom is -0.489 e. The molecule has 0 N–H and O–H groups in total. The van der Waals surface area contributed by atoms with Crippen LogP contribution >= 0.6 is 116 Å². The fourth-order valence-electron chi connectivity index (χ4n) is 4.70. The Labute approximate surface area is 356 Å². The normalized spacial score (nSPS) is 12.2. The van der Waals surface area contributed by atoms with Crippen molar-refractivity contribution in [1.82, 2.24) is 20.4 Å². The third-order valence-corrected chi connectivity index (χ3v) is 9.34. The van der Waals surface area contributed by atoms with Crippen LogP contribution in [0.4, 0.5) is 0 Å². The Morgan fingerprint density at radius 3 is 1.25 bits per heavy atom. The van der Waals surface area contributed by atoms with Crippen molar-refractivity contribution in [2.75, 3.05) is 26.4 Å². The first kappa shape index (κ1) is 43.9. The average Bonchev–Trinajstić information content (AvgIpc) is 3.05. The summed E-state index contributed by atoms with van der Waals surface area (Å²) in [5, 5.41) is 17.6. The van der Waals surface area contributed by atoms with Crippen LogP contribution in [0.1, 0.15) is 47.3 Å². The second-order valence-electron chi connectivity index (χ2n) is 10.9. The average molecular weight is 927 g/mol. The van der Waals surface area contributed by atoms with E-state index in [9.17, 15) is 0 Å². The molecule has 0 spiro atoms. The highest BCUT2D eigenvalue weighted by Crippen LogP contribution is 2.40. The maximum absolute atomic E-state index is 6.74. The molecule has 19 heteroatoms. The monoisotopic (exact) mass is 922 g/mol. The maximum atomic E-state index is 6.74. The third kappa shape index (κ3) is 13.7. The van der Waals surface area contributed by atoms with E-state index in [1.807, 2.05) is 0 Å². The van der Waals surface area contributed by atoms with Crippen LogP contribution in [-0.2, 0) is 4.74 Å². The van der Waals surface area contributed by atoms with Crippen LogP contribution in [0.15, 0.2) is 57.5 Å². The Kier molecular flexibility index (Phi) is 17.7. The van der Waals surface area contributed by atoms with E-state index in [0.717, 1.165) is 0 Å². The summed E-state index contributed by atoms with van der Waals surface area (Å²) < 4.78 is 30.2. The number of halogens is 10.